The first-order valence-electron chi connectivity index (χ1n) is 10.5. The Morgan fingerprint density at radius 3 is 2.65 bits per heavy atom. The van der Waals surface area contributed by atoms with Crippen LogP contribution in [0.15, 0.2) is 78.0 Å². The summed E-state index contributed by atoms with van der Waals surface area (Å²) in [5, 5.41) is 12.1. The number of thioether (sulfide) groups is 1. The summed E-state index contributed by atoms with van der Waals surface area (Å²) in [5.74, 6) is 1.78. The highest BCUT2D eigenvalue weighted by Gasteiger charge is 2.20. The number of amides is 1. The SMILES string of the molecule is COc1ccc(-n2c(SCC(=O)c3ccc4c(c3)NC(=O)CO4)nnc2-c2ccccc2)cc1. The Morgan fingerprint density at radius 1 is 1.09 bits per heavy atom. The number of ketones is 1. The molecule has 4 aromatic rings. The van der Waals surface area contributed by atoms with Crippen LogP contribution in [0, 0.1) is 0 Å². The fourth-order valence-corrected chi connectivity index (χ4v) is 4.42. The molecule has 170 valence electrons. The molecule has 9 heteroatoms. The Kier molecular flexibility index (Phi) is 6.01. The molecule has 0 fully saturated rings. The van der Waals surface area contributed by atoms with Crippen molar-refractivity contribution >= 4 is 29.1 Å². The minimum Gasteiger partial charge on any atom is -0.497 e. The highest BCUT2D eigenvalue weighted by atomic mass is 32.2. The predicted octanol–water partition coefficient (Wildman–Crippen LogP) is 4.25. The van der Waals surface area contributed by atoms with Crippen molar-refractivity contribution in [2.75, 3.05) is 24.8 Å². The third-order valence-corrected chi connectivity index (χ3v) is 6.19. The van der Waals surface area contributed by atoms with Crippen LogP contribution in [0.1, 0.15) is 10.4 Å². The van der Waals surface area contributed by atoms with E-state index in [1.165, 1.54) is 11.8 Å². The number of hydrogen-bond donors (Lipinski definition) is 1. The number of carbonyl (C=O) groups excluding carboxylic acids is 2. The zero-order valence-corrected chi connectivity index (χ0v) is 19.0. The summed E-state index contributed by atoms with van der Waals surface area (Å²) in [6.07, 6.45) is 0. The van der Waals surface area contributed by atoms with Gasteiger partial charge in [0, 0.05) is 16.8 Å². The summed E-state index contributed by atoms with van der Waals surface area (Å²) < 4.78 is 12.6. The number of benzene rings is 3. The van der Waals surface area contributed by atoms with Crippen LogP contribution in [0.3, 0.4) is 0 Å². The van der Waals surface area contributed by atoms with Crippen molar-refractivity contribution in [2.45, 2.75) is 5.16 Å². The summed E-state index contributed by atoms with van der Waals surface area (Å²) in [5.41, 5.74) is 2.75. The number of aromatic nitrogens is 3. The quantitative estimate of drug-likeness (QED) is 0.317. The molecule has 0 saturated carbocycles. The van der Waals surface area contributed by atoms with Crippen molar-refractivity contribution in [3.63, 3.8) is 0 Å². The highest BCUT2D eigenvalue weighted by Crippen LogP contribution is 2.31. The number of anilines is 1. The molecule has 0 bridgehead atoms. The number of carbonyl (C=O) groups is 2. The van der Waals surface area contributed by atoms with Crippen molar-refractivity contribution < 1.29 is 19.1 Å². The van der Waals surface area contributed by atoms with Crippen LogP contribution < -0.4 is 14.8 Å². The number of hydrogen-bond acceptors (Lipinski definition) is 7. The molecule has 0 saturated heterocycles. The van der Waals surface area contributed by atoms with E-state index >= 15 is 0 Å². The van der Waals surface area contributed by atoms with Gasteiger partial charge in [-0.05, 0) is 42.5 Å². The maximum atomic E-state index is 12.9. The Balaban J connectivity index is 1.42. The van der Waals surface area contributed by atoms with Gasteiger partial charge >= 0.3 is 0 Å². The van der Waals surface area contributed by atoms with E-state index in [1.54, 1.807) is 25.3 Å². The Morgan fingerprint density at radius 2 is 1.88 bits per heavy atom. The molecular weight excluding hydrogens is 452 g/mol. The number of rotatable bonds is 7. The number of nitrogens with zero attached hydrogens (tertiary/aromatic N) is 3. The topological polar surface area (TPSA) is 95.3 Å². The van der Waals surface area contributed by atoms with Crippen LogP contribution in [-0.2, 0) is 4.79 Å². The van der Waals surface area contributed by atoms with Gasteiger partial charge in [0.1, 0.15) is 11.5 Å². The van der Waals surface area contributed by atoms with E-state index in [0.717, 1.165) is 17.0 Å². The molecule has 0 radical (unpaired) electrons. The lowest BCUT2D eigenvalue weighted by Crippen LogP contribution is -2.25. The van der Waals surface area contributed by atoms with Crippen molar-refractivity contribution in [2.24, 2.45) is 0 Å². The molecule has 8 nitrogen and oxygen atoms in total. The van der Waals surface area contributed by atoms with Gasteiger partial charge < -0.3 is 14.8 Å². The lowest BCUT2D eigenvalue weighted by molar-refractivity contribution is -0.118. The lowest BCUT2D eigenvalue weighted by atomic mass is 10.1. The number of ether oxygens (including phenoxy) is 2. The second kappa shape index (κ2) is 9.40. The zero-order chi connectivity index (χ0) is 23.5. The van der Waals surface area contributed by atoms with Crippen molar-refractivity contribution in [1.82, 2.24) is 14.8 Å². The first-order valence-corrected chi connectivity index (χ1v) is 11.5. The van der Waals surface area contributed by atoms with Gasteiger partial charge in [0.2, 0.25) is 0 Å². The molecule has 5 rings (SSSR count). The molecule has 0 atom stereocenters. The summed E-state index contributed by atoms with van der Waals surface area (Å²) in [6.45, 7) is -0.0269. The van der Waals surface area contributed by atoms with E-state index in [2.05, 4.69) is 15.5 Å². The van der Waals surface area contributed by atoms with Crippen molar-refractivity contribution in [1.29, 1.82) is 0 Å². The molecule has 3 aromatic carbocycles. The van der Waals surface area contributed by atoms with Gasteiger partial charge in [0.15, 0.2) is 23.4 Å². The van der Waals surface area contributed by atoms with Crippen LogP contribution >= 0.6 is 11.8 Å². The van der Waals surface area contributed by atoms with Crippen LogP contribution in [0.5, 0.6) is 11.5 Å². The standard InChI is InChI=1S/C25H20N4O4S/c1-32-19-10-8-18(9-11-19)29-24(16-5-3-2-4-6-16)27-28-25(29)34-15-21(30)17-7-12-22-20(13-17)26-23(31)14-33-22/h2-13H,14-15H2,1H3,(H,26,31). The largest absolute Gasteiger partial charge is 0.497 e. The molecule has 1 aliphatic heterocycles. The minimum absolute atomic E-state index is 0.0269. The van der Waals surface area contributed by atoms with Gasteiger partial charge in [-0.1, -0.05) is 42.1 Å². The van der Waals surface area contributed by atoms with Gasteiger partial charge in [-0.15, -0.1) is 10.2 Å². The minimum atomic E-state index is -0.243. The van der Waals surface area contributed by atoms with Gasteiger partial charge in [-0.25, -0.2) is 0 Å². The summed E-state index contributed by atoms with van der Waals surface area (Å²) in [4.78, 5) is 24.5. The smallest absolute Gasteiger partial charge is 0.262 e. The Labute approximate surface area is 199 Å². The molecule has 34 heavy (non-hydrogen) atoms. The number of Topliss-reactive ketones (excluding diaryl/α,β-unsaturated/α-hetero) is 1. The number of nitrogens with one attached hydrogen (secondary N) is 1. The van der Waals surface area contributed by atoms with Crippen LogP contribution in [0.25, 0.3) is 17.1 Å². The Hall–Kier alpha value is -4.11. The fraction of sp³-hybridized carbons (Fsp3) is 0.120. The van der Waals surface area contributed by atoms with Gasteiger partial charge in [-0.3, -0.25) is 14.2 Å². The van der Waals surface area contributed by atoms with Crippen molar-refractivity contribution in [3.8, 4) is 28.6 Å². The highest BCUT2D eigenvalue weighted by molar-refractivity contribution is 7.99. The molecule has 2 heterocycles. The van der Waals surface area contributed by atoms with Gasteiger partial charge in [0.05, 0.1) is 18.6 Å². The van der Waals surface area contributed by atoms with Crippen LogP contribution in [0.2, 0.25) is 0 Å². The van der Waals surface area contributed by atoms with E-state index in [-0.39, 0.29) is 24.1 Å². The van der Waals surface area contributed by atoms with E-state index in [9.17, 15) is 9.59 Å². The average molecular weight is 473 g/mol. The normalized spacial score (nSPS) is 12.4. The van der Waals surface area contributed by atoms with E-state index in [1.807, 2.05) is 59.2 Å². The molecule has 0 spiro atoms. The molecule has 1 aromatic heterocycles. The van der Waals surface area contributed by atoms with Gasteiger partial charge in [-0.2, -0.15) is 0 Å². The van der Waals surface area contributed by atoms with E-state index in [0.29, 0.717) is 28.0 Å². The fourth-order valence-electron chi connectivity index (χ4n) is 3.57. The predicted molar refractivity (Wildman–Crippen MR) is 129 cm³/mol. The summed E-state index contributed by atoms with van der Waals surface area (Å²) in [6, 6.07) is 22.4. The van der Waals surface area contributed by atoms with Crippen molar-refractivity contribution in [3.05, 3.63) is 78.4 Å². The van der Waals surface area contributed by atoms with Crippen LogP contribution in [0.4, 0.5) is 5.69 Å². The zero-order valence-electron chi connectivity index (χ0n) is 18.2. The first-order chi connectivity index (χ1) is 16.6. The molecule has 1 N–H and O–H groups in total. The third-order valence-electron chi connectivity index (χ3n) is 5.26. The van der Waals surface area contributed by atoms with E-state index in [4.69, 9.17) is 9.47 Å². The summed E-state index contributed by atoms with van der Waals surface area (Å²) >= 11 is 1.30. The molecular formula is C25H20N4O4S. The average Bonchev–Trinajstić information content (AvgIpc) is 3.31. The molecule has 1 amide bonds. The maximum Gasteiger partial charge on any atom is 0.262 e. The lowest BCUT2D eigenvalue weighted by Gasteiger charge is -2.18. The third kappa shape index (κ3) is 4.38. The number of fused-ring (bicyclic) bond motifs is 1. The van der Waals surface area contributed by atoms with E-state index < -0.39 is 0 Å². The van der Waals surface area contributed by atoms with Crippen LogP contribution in [-0.4, -0.2) is 45.9 Å². The second-order valence-electron chi connectivity index (χ2n) is 7.47. The number of methoxy groups -OCH3 is 1. The maximum absolute atomic E-state index is 12.9. The first kappa shape index (κ1) is 21.7. The molecule has 1 aliphatic rings. The molecule has 0 aliphatic carbocycles. The summed E-state index contributed by atoms with van der Waals surface area (Å²) in [7, 11) is 1.62. The second-order valence-corrected chi connectivity index (χ2v) is 8.41. The Bertz CT molecular complexity index is 1350. The monoisotopic (exact) mass is 472 g/mol. The van der Waals surface area contributed by atoms with Gasteiger partial charge in [0.25, 0.3) is 5.91 Å². The molecule has 0 unspecified atom stereocenters.